The van der Waals surface area contributed by atoms with E-state index in [-0.39, 0.29) is 6.04 Å². The second-order valence-electron chi connectivity index (χ2n) is 4.89. The molecule has 114 valence electrons. The van der Waals surface area contributed by atoms with Gasteiger partial charge < -0.3 is 15.5 Å². The van der Waals surface area contributed by atoms with E-state index < -0.39 is 10.8 Å². The molecule has 1 heterocycles. The number of hydrogen-bond donors (Lipinski definition) is 2. The van der Waals surface area contributed by atoms with Gasteiger partial charge in [-0.1, -0.05) is 6.92 Å². The average molecular weight is 300 g/mol. The molecule has 20 heavy (non-hydrogen) atoms. The van der Waals surface area contributed by atoms with Gasteiger partial charge in [0, 0.05) is 49.5 Å². The van der Waals surface area contributed by atoms with Gasteiger partial charge in [-0.25, -0.2) is 0 Å². The van der Waals surface area contributed by atoms with Gasteiger partial charge in [-0.3, -0.25) is 4.21 Å². The van der Waals surface area contributed by atoms with Gasteiger partial charge in [0.05, 0.1) is 0 Å². The molecule has 2 unspecified atom stereocenters. The van der Waals surface area contributed by atoms with Crippen molar-refractivity contribution in [3.8, 4) is 0 Å². The van der Waals surface area contributed by atoms with Crippen LogP contribution in [0.5, 0.6) is 0 Å². The van der Waals surface area contributed by atoms with Crippen molar-refractivity contribution in [3.05, 3.63) is 0 Å². The Balaban J connectivity index is 2.87. The van der Waals surface area contributed by atoms with Gasteiger partial charge in [-0.15, -0.1) is 0 Å². The summed E-state index contributed by atoms with van der Waals surface area (Å²) < 4.78 is 11.2. The number of aromatic nitrogens is 3. The number of rotatable bonds is 8. The fourth-order valence-corrected chi connectivity index (χ4v) is 2.35. The van der Waals surface area contributed by atoms with Crippen LogP contribution in [0.2, 0.25) is 0 Å². The summed E-state index contributed by atoms with van der Waals surface area (Å²) in [4.78, 5) is 14.8. The van der Waals surface area contributed by atoms with Gasteiger partial charge in [0.15, 0.2) is 0 Å². The molecular weight excluding hydrogens is 276 g/mol. The summed E-state index contributed by atoms with van der Waals surface area (Å²) in [5.74, 6) is 2.20. The van der Waals surface area contributed by atoms with Crippen LogP contribution >= 0.6 is 0 Å². The number of anilines is 3. The van der Waals surface area contributed by atoms with Gasteiger partial charge in [0.2, 0.25) is 17.8 Å². The minimum Gasteiger partial charge on any atom is -0.354 e. The maximum Gasteiger partial charge on any atom is 0.231 e. The number of hydrogen-bond acceptors (Lipinski definition) is 7. The zero-order valence-electron chi connectivity index (χ0n) is 12.8. The highest BCUT2D eigenvalue weighted by molar-refractivity contribution is 7.84. The van der Waals surface area contributed by atoms with Crippen LogP contribution in [0.1, 0.15) is 20.3 Å². The van der Waals surface area contributed by atoms with E-state index in [0.717, 1.165) is 13.0 Å². The number of nitrogens with zero attached hydrogens (tertiary/aromatic N) is 4. The zero-order valence-corrected chi connectivity index (χ0v) is 13.6. The lowest BCUT2D eigenvalue weighted by Crippen LogP contribution is -2.25. The molecule has 1 rings (SSSR count). The van der Waals surface area contributed by atoms with E-state index in [1.807, 2.05) is 25.9 Å². The minimum absolute atomic E-state index is 0.0391. The highest BCUT2D eigenvalue weighted by atomic mass is 32.2. The normalized spacial score (nSPS) is 13.7. The fourth-order valence-electron chi connectivity index (χ4n) is 1.56. The van der Waals surface area contributed by atoms with Crippen molar-refractivity contribution in [2.45, 2.75) is 26.3 Å². The molecule has 2 N–H and O–H groups in total. The van der Waals surface area contributed by atoms with Crippen molar-refractivity contribution in [3.63, 3.8) is 0 Å². The van der Waals surface area contributed by atoms with Crippen LogP contribution < -0.4 is 15.5 Å². The standard InChI is InChI=1S/C12H24N6OS/c1-6-7-13-10-15-11(14-9(2)8-20(5)19)17-12(16-10)18(3)4/h9H,6-8H2,1-5H3,(H2,13,14,15,16,17). The highest BCUT2D eigenvalue weighted by Crippen LogP contribution is 2.12. The molecular formula is C12H24N6OS. The summed E-state index contributed by atoms with van der Waals surface area (Å²) in [5.41, 5.74) is 0. The van der Waals surface area contributed by atoms with Gasteiger partial charge >= 0.3 is 0 Å². The molecule has 8 heteroatoms. The Hall–Kier alpha value is -1.44. The van der Waals surface area contributed by atoms with E-state index in [1.54, 1.807) is 6.26 Å². The topological polar surface area (TPSA) is 83.0 Å². The lowest BCUT2D eigenvalue weighted by Gasteiger charge is -2.16. The molecule has 0 radical (unpaired) electrons. The molecule has 0 fully saturated rings. The minimum atomic E-state index is -0.853. The summed E-state index contributed by atoms with van der Waals surface area (Å²) in [6.07, 6.45) is 2.68. The maximum absolute atomic E-state index is 11.2. The molecule has 0 saturated heterocycles. The highest BCUT2D eigenvalue weighted by Gasteiger charge is 2.11. The van der Waals surface area contributed by atoms with E-state index in [1.165, 1.54) is 0 Å². The third kappa shape index (κ3) is 5.68. The molecule has 0 bridgehead atoms. The van der Waals surface area contributed by atoms with Crippen LogP contribution in [-0.2, 0) is 10.8 Å². The van der Waals surface area contributed by atoms with Gasteiger partial charge in [0.25, 0.3) is 0 Å². The lowest BCUT2D eigenvalue weighted by molar-refractivity contribution is 0.682. The van der Waals surface area contributed by atoms with Gasteiger partial charge in [-0.2, -0.15) is 15.0 Å². The number of nitrogens with one attached hydrogen (secondary N) is 2. The van der Waals surface area contributed by atoms with E-state index in [0.29, 0.717) is 23.6 Å². The first-order valence-corrected chi connectivity index (χ1v) is 8.39. The van der Waals surface area contributed by atoms with Gasteiger partial charge in [0.1, 0.15) is 0 Å². The molecule has 0 aliphatic carbocycles. The third-order valence-corrected chi connectivity index (χ3v) is 3.39. The Morgan fingerprint density at radius 1 is 1.25 bits per heavy atom. The molecule has 0 aromatic carbocycles. The third-order valence-electron chi connectivity index (χ3n) is 2.42. The van der Waals surface area contributed by atoms with Crippen molar-refractivity contribution in [1.29, 1.82) is 0 Å². The molecule has 0 saturated carbocycles. The smallest absolute Gasteiger partial charge is 0.231 e. The van der Waals surface area contributed by atoms with Crippen LogP contribution in [-0.4, -0.2) is 57.9 Å². The van der Waals surface area contributed by atoms with Crippen LogP contribution in [0.3, 0.4) is 0 Å². The monoisotopic (exact) mass is 300 g/mol. The van der Waals surface area contributed by atoms with Crippen LogP contribution in [0.4, 0.5) is 17.8 Å². The molecule has 7 nitrogen and oxygen atoms in total. The summed E-state index contributed by atoms with van der Waals surface area (Å²) in [5, 5.41) is 6.32. The quantitative estimate of drug-likeness (QED) is 0.739. The van der Waals surface area contributed by atoms with Crippen LogP contribution in [0.15, 0.2) is 0 Å². The summed E-state index contributed by atoms with van der Waals surface area (Å²) >= 11 is 0. The lowest BCUT2D eigenvalue weighted by atomic mass is 10.4. The molecule has 1 aromatic heterocycles. The Bertz CT molecular complexity index is 454. The Kier molecular flexibility index (Phi) is 6.63. The van der Waals surface area contributed by atoms with Crippen LogP contribution in [0.25, 0.3) is 0 Å². The second kappa shape index (κ2) is 7.98. The van der Waals surface area contributed by atoms with Crippen molar-refractivity contribution >= 4 is 28.6 Å². The first-order chi connectivity index (χ1) is 9.42. The molecule has 2 atom stereocenters. The Labute approximate surface area is 123 Å². The predicted octanol–water partition coefficient (Wildman–Crippen LogP) is 0.938. The molecule has 0 aliphatic rings. The van der Waals surface area contributed by atoms with Crippen molar-refractivity contribution in [1.82, 2.24) is 15.0 Å². The summed E-state index contributed by atoms with van der Waals surface area (Å²) in [7, 11) is 2.91. The first kappa shape index (κ1) is 16.6. The molecule has 1 aromatic rings. The van der Waals surface area contributed by atoms with E-state index in [4.69, 9.17) is 0 Å². The largest absolute Gasteiger partial charge is 0.354 e. The zero-order chi connectivity index (χ0) is 15.1. The SMILES string of the molecule is CCCNc1nc(NC(C)CS(C)=O)nc(N(C)C)n1. The maximum atomic E-state index is 11.2. The molecule has 0 aliphatic heterocycles. The Morgan fingerprint density at radius 2 is 1.90 bits per heavy atom. The fraction of sp³-hybridized carbons (Fsp3) is 0.750. The Morgan fingerprint density at radius 3 is 2.45 bits per heavy atom. The first-order valence-electron chi connectivity index (χ1n) is 6.66. The van der Waals surface area contributed by atoms with E-state index in [2.05, 4.69) is 32.5 Å². The average Bonchev–Trinajstić information content (AvgIpc) is 2.34. The van der Waals surface area contributed by atoms with Crippen molar-refractivity contribution in [2.24, 2.45) is 0 Å². The summed E-state index contributed by atoms with van der Waals surface area (Å²) in [6, 6.07) is 0.0391. The van der Waals surface area contributed by atoms with Crippen LogP contribution in [0, 0.1) is 0 Å². The predicted molar refractivity (Wildman–Crippen MR) is 85.0 cm³/mol. The molecule has 0 spiro atoms. The van der Waals surface area contributed by atoms with Crippen molar-refractivity contribution < 1.29 is 4.21 Å². The van der Waals surface area contributed by atoms with Gasteiger partial charge in [-0.05, 0) is 13.3 Å². The van der Waals surface area contributed by atoms with E-state index in [9.17, 15) is 4.21 Å². The summed E-state index contributed by atoms with van der Waals surface area (Å²) in [6.45, 7) is 4.85. The van der Waals surface area contributed by atoms with E-state index >= 15 is 0 Å². The molecule has 0 amide bonds. The second-order valence-corrected chi connectivity index (χ2v) is 6.37. The van der Waals surface area contributed by atoms with Crippen molar-refractivity contribution in [2.75, 3.05) is 48.2 Å².